The zero-order valence-corrected chi connectivity index (χ0v) is 16.8. The molecule has 0 radical (unpaired) electrons. The lowest BCUT2D eigenvalue weighted by Gasteiger charge is -2.11. The van der Waals surface area contributed by atoms with Crippen LogP contribution >= 0.6 is 11.6 Å². The Hall–Kier alpha value is -3.38. The summed E-state index contributed by atoms with van der Waals surface area (Å²) in [5.41, 5.74) is 4.49. The van der Waals surface area contributed by atoms with Crippen LogP contribution in [-0.2, 0) is 11.3 Å². The summed E-state index contributed by atoms with van der Waals surface area (Å²) in [7, 11) is 0. The number of aromatic nitrogens is 3. The van der Waals surface area contributed by atoms with Crippen molar-refractivity contribution in [3.05, 3.63) is 87.4 Å². The molecule has 0 unspecified atom stereocenters. The Balaban J connectivity index is 1.60. The fraction of sp³-hybridized carbons (Fsp3) is 0.136. The first-order chi connectivity index (χ1) is 13.9. The molecular formula is C22H19ClN4O2. The molecule has 0 spiro atoms. The summed E-state index contributed by atoms with van der Waals surface area (Å²) in [6, 6.07) is 14.7. The van der Waals surface area contributed by atoms with Crippen molar-refractivity contribution in [3.63, 3.8) is 0 Å². The number of aryl methyl sites for hydroxylation is 1. The van der Waals surface area contributed by atoms with E-state index in [4.69, 9.17) is 11.6 Å². The highest BCUT2D eigenvalue weighted by atomic mass is 35.5. The van der Waals surface area contributed by atoms with Gasteiger partial charge in [0.15, 0.2) is 0 Å². The summed E-state index contributed by atoms with van der Waals surface area (Å²) in [6.45, 7) is 3.86. The third-order valence-electron chi connectivity index (χ3n) is 4.94. The number of halogens is 1. The van der Waals surface area contributed by atoms with E-state index in [-0.39, 0.29) is 18.0 Å². The summed E-state index contributed by atoms with van der Waals surface area (Å²) < 4.78 is 2.90. The second kappa shape index (κ2) is 7.56. The number of amides is 1. The van der Waals surface area contributed by atoms with Crippen LogP contribution in [0.1, 0.15) is 11.1 Å². The Kier molecular flexibility index (Phi) is 4.94. The van der Waals surface area contributed by atoms with Crippen LogP contribution in [0.2, 0.25) is 5.02 Å². The Bertz CT molecular complexity index is 1270. The molecule has 1 N–H and O–H groups in total. The Labute approximate surface area is 172 Å². The van der Waals surface area contributed by atoms with Gasteiger partial charge in [0.1, 0.15) is 12.1 Å². The summed E-state index contributed by atoms with van der Waals surface area (Å²) in [5.74, 6) is -0.261. The van der Waals surface area contributed by atoms with Crippen molar-refractivity contribution in [1.29, 1.82) is 0 Å². The van der Waals surface area contributed by atoms with Crippen LogP contribution in [0.4, 0.5) is 5.69 Å². The van der Waals surface area contributed by atoms with Crippen molar-refractivity contribution in [1.82, 2.24) is 14.2 Å². The maximum Gasteiger partial charge on any atom is 0.277 e. The van der Waals surface area contributed by atoms with E-state index < -0.39 is 0 Å². The third-order valence-corrected chi connectivity index (χ3v) is 5.19. The number of rotatable bonds is 4. The predicted octanol–water partition coefficient (Wildman–Crippen LogP) is 4.07. The monoisotopic (exact) mass is 406 g/mol. The van der Waals surface area contributed by atoms with Gasteiger partial charge >= 0.3 is 0 Å². The van der Waals surface area contributed by atoms with Crippen LogP contribution in [0.15, 0.2) is 65.7 Å². The minimum Gasteiger partial charge on any atom is -0.324 e. The Morgan fingerprint density at radius 3 is 2.62 bits per heavy atom. The molecule has 4 rings (SSSR count). The van der Waals surface area contributed by atoms with Gasteiger partial charge in [0.25, 0.3) is 5.56 Å². The molecule has 146 valence electrons. The molecule has 2 heterocycles. The molecule has 0 fully saturated rings. The average Bonchev–Trinajstić information content (AvgIpc) is 3.13. The fourth-order valence-corrected chi connectivity index (χ4v) is 3.27. The zero-order chi connectivity index (χ0) is 20.5. The van der Waals surface area contributed by atoms with E-state index >= 15 is 0 Å². The van der Waals surface area contributed by atoms with E-state index in [1.165, 1.54) is 9.08 Å². The number of nitrogens with zero attached hydrogens (tertiary/aromatic N) is 3. The topological polar surface area (TPSA) is 68.4 Å². The molecule has 2 aromatic carbocycles. The van der Waals surface area contributed by atoms with E-state index in [9.17, 15) is 9.59 Å². The number of fused-ring (bicyclic) bond motifs is 1. The first kappa shape index (κ1) is 19.0. The van der Waals surface area contributed by atoms with Gasteiger partial charge in [0.2, 0.25) is 5.91 Å². The average molecular weight is 407 g/mol. The highest BCUT2D eigenvalue weighted by Gasteiger charge is 2.12. The molecular weight excluding hydrogens is 388 g/mol. The van der Waals surface area contributed by atoms with Gasteiger partial charge in [-0.3, -0.25) is 9.59 Å². The molecule has 0 aliphatic rings. The Morgan fingerprint density at radius 1 is 1.10 bits per heavy atom. The van der Waals surface area contributed by atoms with E-state index in [0.29, 0.717) is 16.2 Å². The van der Waals surface area contributed by atoms with E-state index in [2.05, 4.69) is 10.4 Å². The molecule has 6 nitrogen and oxygen atoms in total. The van der Waals surface area contributed by atoms with Crippen molar-refractivity contribution in [3.8, 4) is 11.3 Å². The van der Waals surface area contributed by atoms with Crippen LogP contribution in [-0.4, -0.2) is 20.1 Å². The third kappa shape index (κ3) is 3.79. The molecule has 0 bridgehead atoms. The van der Waals surface area contributed by atoms with E-state index in [1.807, 2.05) is 44.2 Å². The van der Waals surface area contributed by atoms with Gasteiger partial charge in [-0.15, -0.1) is 0 Å². The van der Waals surface area contributed by atoms with Gasteiger partial charge in [0, 0.05) is 28.7 Å². The maximum atomic E-state index is 12.8. The van der Waals surface area contributed by atoms with Crippen molar-refractivity contribution in [2.75, 3.05) is 5.32 Å². The number of anilines is 1. The van der Waals surface area contributed by atoms with Crippen LogP contribution in [0.3, 0.4) is 0 Å². The summed E-state index contributed by atoms with van der Waals surface area (Å²) >= 11 is 5.93. The lowest BCUT2D eigenvalue weighted by molar-refractivity contribution is -0.116. The fourth-order valence-electron chi connectivity index (χ4n) is 3.14. The molecule has 0 atom stereocenters. The van der Waals surface area contributed by atoms with Crippen LogP contribution in [0.25, 0.3) is 16.8 Å². The lowest BCUT2D eigenvalue weighted by Crippen LogP contribution is -2.28. The molecule has 0 aliphatic heterocycles. The molecule has 7 heteroatoms. The van der Waals surface area contributed by atoms with Gasteiger partial charge < -0.3 is 9.88 Å². The quantitative estimate of drug-likeness (QED) is 0.555. The van der Waals surface area contributed by atoms with Gasteiger partial charge in [0.05, 0.1) is 5.69 Å². The molecule has 0 saturated heterocycles. The molecule has 29 heavy (non-hydrogen) atoms. The van der Waals surface area contributed by atoms with Crippen molar-refractivity contribution >= 4 is 28.7 Å². The van der Waals surface area contributed by atoms with Crippen molar-refractivity contribution in [2.45, 2.75) is 20.4 Å². The molecule has 2 aromatic heterocycles. The number of benzene rings is 2. The molecule has 1 amide bonds. The number of hydrogen-bond acceptors (Lipinski definition) is 3. The van der Waals surface area contributed by atoms with Gasteiger partial charge in [-0.05, 0) is 49.2 Å². The number of nitrogens with one attached hydrogen (secondary N) is 1. The molecule has 4 aromatic rings. The van der Waals surface area contributed by atoms with E-state index in [0.717, 1.165) is 22.4 Å². The van der Waals surface area contributed by atoms with Crippen molar-refractivity contribution in [2.24, 2.45) is 0 Å². The number of carbonyl (C=O) groups is 1. The number of hydrogen-bond donors (Lipinski definition) is 1. The minimum atomic E-state index is -0.281. The summed E-state index contributed by atoms with van der Waals surface area (Å²) in [6.07, 6.45) is 3.23. The highest BCUT2D eigenvalue weighted by molar-refractivity contribution is 6.30. The number of carbonyl (C=O) groups excluding carboxylic acids is 1. The van der Waals surface area contributed by atoms with Gasteiger partial charge in [-0.25, -0.2) is 4.52 Å². The molecule has 0 aliphatic carbocycles. The standard InChI is InChI=1S/C22H19ClN4O2/c1-14-4-3-5-18(15(14)2)24-21(28)13-26-10-11-27-20(22(26)29)12-19(25-27)16-6-8-17(23)9-7-16/h3-12H,13H2,1-2H3,(H,24,28). The highest BCUT2D eigenvalue weighted by Crippen LogP contribution is 2.21. The summed E-state index contributed by atoms with van der Waals surface area (Å²) in [5, 5.41) is 7.95. The van der Waals surface area contributed by atoms with Gasteiger partial charge in [-0.2, -0.15) is 5.10 Å². The van der Waals surface area contributed by atoms with E-state index in [1.54, 1.807) is 30.6 Å². The SMILES string of the molecule is Cc1cccc(NC(=O)Cn2ccn3nc(-c4ccc(Cl)cc4)cc3c2=O)c1C. The second-order valence-electron chi connectivity index (χ2n) is 6.89. The van der Waals surface area contributed by atoms with Gasteiger partial charge in [-0.1, -0.05) is 35.9 Å². The first-order valence-electron chi connectivity index (χ1n) is 9.13. The van der Waals surface area contributed by atoms with Crippen LogP contribution < -0.4 is 10.9 Å². The van der Waals surface area contributed by atoms with Crippen LogP contribution in [0.5, 0.6) is 0 Å². The Morgan fingerprint density at radius 2 is 1.86 bits per heavy atom. The molecule has 0 saturated carbocycles. The normalized spacial score (nSPS) is 11.0. The predicted molar refractivity (Wildman–Crippen MR) is 114 cm³/mol. The van der Waals surface area contributed by atoms with Crippen molar-refractivity contribution < 1.29 is 4.79 Å². The lowest BCUT2D eigenvalue weighted by atomic mass is 10.1. The van der Waals surface area contributed by atoms with Crippen LogP contribution in [0, 0.1) is 13.8 Å². The zero-order valence-electron chi connectivity index (χ0n) is 16.0. The first-order valence-corrected chi connectivity index (χ1v) is 9.51. The smallest absolute Gasteiger partial charge is 0.277 e. The minimum absolute atomic E-state index is 0.0792. The largest absolute Gasteiger partial charge is 0.324 e. The maximum absolute atomic E-state index is 12.8. The second-order valence-corrected chi connectivity index (χ2v) is 7.33. The summed E-state index contributed by atoms with van der Waals surface area (Å²) in [4.78, 5) is 25.3.